The van der Waals surface area contributed by atoms with Gasteiger partial charge in [-0.1, -0.05) is 41.5 Å². The quantitative estimate of drug-likeness (QED) is 0.826. The predicted octanol–water partition coefficient (Wildman–Crippen LogP) is 3.52. The molecule has 1 aliphatic rings. The number of piperazine rings is 1. The van der Waals surface area contributed by atoms with Crippen LogP contribution in [0.2, 0.25) is 0 Å². The lowest BCUT2D eigenvalue weighted by molar-refractivity contribution is 0.0516. The van der Waals surface area contributed by atoms with Crippen LogP contribution in [-0.4, -0.2) is 36.1 Å². The van der Waals surface area contributed by atoms with Crippen LogP contribution in [0.15, 0.2) is 0 Å². The minimum absolute atomic E-state index is 0.309. The second-order valence-electron chi connectivity index (χ2n) is 7.89. The Morgan fingerprint density at radius 3 is 2.39 bits per heavy atom. The van der Waals surface area contributed by atoms with Gasteiger partial charge in [0.05, 0.1) is 0 Å². The van der Waals surface area contributed by atoms with Crippen molar-refractivity contribution in [3.05, 3.63) is 0 Å². The van der Waals surface area contributed by atoms with Gasteiger partial charge in [0.1, 0.15) is 0 Å². The molecule has 0 saturated carbocycles. The molecular weight excluding hydrogens is 220 g/mol. The maximum atomic E-state index is 3.76. The first-order valence-electron chi connectivity index (χ1n) is 7.66. The first-order chi connectivity index (χ1) is 8.17. The average molecular weight is 254 g/mol. The minimum atomic E-state index is 0.309. The van der Waals surface area contributed by atoms with Crippen LogP contribution in [0.5, 0.6) is 0 Å². The SMILES string of the molecule is CCC1(C)CN(CCC(C)(C)C)C(C(C)C)CN1. The van der Waals surface area contributed by atoms with E-state index < -0.39 is 0 Å². The van der Waals surface area contributed by atoms with E-state index in [0.717, 1.165) is 12.5 Å². The highest BCUT2D eigenvalue weighted by Crippen LogP contribution is 2.26. The minimum Gasteiger partial charge on any atom is -0.309 e. The highest BCUT2D eigenvalue weighted by molar-refractivity contribution is 4.95. The zero-order chi connectivity index (χ0) is 14.0. The summed E-state index contributed by atoms with van der Waals surface area (Å²) in [6, 6.07) is 0.701. The summed E-state index contributed by atoms with van der Waals surface area (Å²) in [6.45, 7) is 20.0. The van der Waals surface area contributed by atoms with Crippen molar-refractivity contribution in [3.8, 4) is 0 Å². The molecule has 1 rings (SSSR count). The van der Waals surface area contributed by atoms with Crippen LogP contribution in [0.1, 0.15) is 61.3 Å². The lowest BCUT2D eigenvalue weighted by Crippen LogP contribution is -2.64. The molecule has 1 aliphatic heterocycles. The lowest BCUT2D eigenvalue weighted by atomic mass is 9.87. The molecule has 108 valence electrons. The van der Waals surface area contributed by atoms with Gasteiger partial charge >= 0.3 is 0 Å². The van der Waals surface area contributed by atoms with Crippen LogP contribution in [-0.2, 0) is 0 Å². The molecule has 2 unspecified atom stereocenters. The Kier molecular flexibility index (Phi) is 5.25. The van der Waals surface area contributed by atoms with E-state index >= 15 is 0 Å². The number of hydrogen-bond donors (Lipinski definition) is 1. The van der Waals surface area contributed by atoms with Crippen LogP contribution in [0.3, 0.4) is 0 Å². The number of nitrogens with zero attached hydrogens (tertiary/aromatic N) is 1. The smallest absolute Gasteiger partial charge is 0.0278 e. The van der Waals surface area contributed by atoms with Crippen LogP contribution in [0, 0.1) is 11.3 Å². The molecule has 18 heavy (non-hydrogen) atoms. The van der Waals surface area contributed by atoms with Crippen LogP contribution in [0.4, 0.5) is 0 Å². The Hall–Kier alpha value is -0.0800. The van der Waals surface area contributed by atoms with Crippen molar-refractivity contribution < 1.29 is 0 Å². The Morgan fingerprint density at radius 1 is 1.33 bits per heavy atom. The van der Waals surface area contributed by atoms with Gasteiger partial charge in [0.25, 0.3) is 0 Å². The summed E-state index contributed by atoms with van der Waals surface area (Å²) in [5.41, 5.74) is 0.748. The standard InChI is InChI=1S/C16H34N2/c1-8-16(7)12-18(10-9-15(4,5)6)14(11-17-16)13(2)3/h13-14,17H,8-12H2,1-7H3. The molecule has 2 heteroatoms. The zero-order valence-electron chi connectivity index (χ0n) is 13.6. The van der Waals surface area contributed by atoms with Gasteiger partial charge < -0.3 is 5.32 Å². The molecular formula is C16H34N2. The Morgan fingerprint density at radius 2 is 1.94 bits per heavy atom. The second kappa shape index (κ2) is 5.92. The molecule has 0 aromatic carbocycles. The van der Waals surface area contributed by atoms with Crippen molar-refractivity contribution >= 4 is 0 Å². The van der Waals surface area contributed by atoms with E-state index in [0.29, 0.717) is 17.0 Å². The third-order valence-electron chi connectivity index (χ3n) is 4.46. The fourth-order valence-corrected chi connectivity index (χ4v) is 2.72. The van der Waals surface area contributed by atoms with Crippen LogP contribution < -0.4 is 5.32 Å². The van der Waals surface area contributed by atoms with E-state index in [4.69, 9.17) is 0 Å². The van der Waals surface area contributed by atoms with Crippen molar-refractivity contribution in [2.24, 2.45) is 11.3 Å². The number of rotatable bonds is 4. The van der Waals surface area contributed by atoms with Gasteiger partial charge in [-0.2, -0.15) is 0 Å². The highest BCUT2D eigenvalue weighted by Gasteiger charge is 2.35. The Bertz CT molecular complexity index is 254. The summed E-state index contributed by atoms with van der Waals surface area (Å²) in [7, 11) is 0. The van der Waals surface area contributed by atoms with Gasteiger partial charge in [0, 0.05) is 24.7 Å². The molecule has 0 radical (unpaired) electrons. The summed E-state index contributed by atoms with van der Waals surface area (Å²) >= 11 is 0. The van der Waals surface area contributed by atoms with Gasteiger partial charge in [-0.3, -0.25) is 4.90 Å². The number of hydrogen-bond acceptors (Lipinski definition) is 2. The highest BCUT2D eigenvalue weighted by atomic mass is 15.3. The third-order valence-corrected chi connectivity index (χ3v) is 4.46. The molecule has 0 amide bonds. The largest absolute Gasteiger partial charge is 0.309 e. The van der Waals surface area contributed by atoms with Crippen molar-refractivity contribution in [1.29, 1.82) is 0 Å². The molecule has 0 spiro atoms. The molecule has 1 N–H and O–H groups in total. The molecule has 0 aromatic heterocycles. The lowest BCUT2D eigenvalue weighted by Gasteiger charge is -2.48. The van der Waals surface area contributed by atoms with E-state index in [9.17, 15) is 0 Å². The molecule has 2 nitrogen and oxygen atoms in total. The monoisotopic (exact) mass is 254 g/mol. The number of nitrogens with one attached hydrogen (secondary N) is 1. The summed E-state index contributed by atoms with van der Waals surface area (Å²) in [6.07, 6.45) is 2.50. The van der Waals surface area contributed by atoms with Crippen molar-refractivity contribution in [2.75, 3.05) is 19.6 Å². The van der Waals surface area contributed by atoms with Gasteiger partial charge in [-0.05, 0) is 37.6 Å². The molecule has 1 heterocycles. The predicted molar refractivity (Wildman–Crippen MR) is 81.0 cm³/mol. The molecule has 0 aromatic rings. The first-order valence-corrected chi connectivity index (χ1v) is 7.66. The van der Waals surface area contributed by atoms with E-state index in [-0.39, 0.29) is 0 Å². The molecule has 1 fully saturated rings. The fraction of sp³-hybridized carbons (Fsp3) is 1.00. The summed E-state index contributed by atoms with van der Waals surface area (Å²) in [4.78, 5) is 2.73. The van der Waals surface area contributed by atoms with E-state index in [2.05, 4.69) is 58.7 Å². The Balaban J connectivity index is 2.66. The van der Waals surface area contributed by atoms with Crippen molar-refractivity contribution in [1.82, 2.24) is 10.2 Å². The van der Waals surface area contributed by atoms with Crippen molar-refractivity contribution in [3.63, 3.8) is 0 Å². The van der Waals surface area contributed by atoms with Gasteiger partial charge in [-0.15, -0.1) is 0 Å². The summed E-state index contributed by atoms with van der Waals surface area (Å²) in [5, 5.41) is 3.76. The molecule has 0 bridgehead atoms. The Labute approximate surface area is 115 Å². The first kappa shape index (κ1) is 16.0. The van der Waals surface area contributed by atoms with Gasteiger partial charge in [0.15, 0.2) is 0 Å². The van der Waals surface area contributed by atoms with Gasteiger partial charge in [-0.25, -0.2) is 0 Å². The summed E-state index contributed by atoms with van der Waals surface area (Å²) < 4.78 is 0. The maximum absolute atomic E-state index is 3.76. The average Bonchev–Trinajstić information content (AvgIpc) is 2.25. The molecule has 0 aliphatic carbocycles. The van der Waals surface area contributed by atoms with Crippen molar-refractivity contribution in [2.45, 2.75) is 72.9 Å². The normalized spacial score (nSPS) is 31.0. The second-order valence-corrected chi connectivity index (χ2v) is 7.89. The summed E-state index contributed by atoms with van der Waals surface area (Å²) in [5.74, 6) is 0.735. The van der Waals surface area contributed by atoms with E-state index in [1.54, 1.807) is 0 Å². The zero-order valence-corrected chi connectivity index (χ0v) is 13.6. The van der Waals surface area contributed by atoms with E-state index in [1.165, 1.54) is 25.9 Å². The topological polar surface area (TPSA) is 15.3 Å². The third kappa shape index (κ3) is 4.55. The fourth-order valence-electron chi connectivity index (χ4n) is 2.72. The van der Waals surface area contributed by atoms with Gasteiger partial charge in [0.2, 0.25) is 0 Å². The van der Waals surface area contributed by atoms with E-state index in [1.807, 2.05) is 0 Å². The van der Waals surface area contributed by atoms with Crippen LogP contribution >= 0.6 is 0 Å². The molecule has 1 saturated heterocycles. The maximum Gasteiger partial charge on any atom is 0.0278 e. The molecule has 2 atom stereocenters. The van der Waals surface area contributed by atoms with Crippen LogP contribution in [0.25, 0.3) is 0 Å².